The number of nitrogens with one attached hydrogen (secondary N) is 2. The fourth-order valence-electron chi connectivity index (χ4n) is 1.29. The molecule has 0 saturated heterocycles. The Balaban J connectivity index is 2.16. The van der Waals surface area contributed by atoms with E-state index in [4.69, 9.17) is 5.73 Å². The molecule has 1 aromatic heterocycles. The van der Waals surface area contributed by atoms with E-state index in [1.165, 1.54) is 0 Å². The first-order valence-electron chi connectivity index (χ1n) is 4.35. The van der Waals surface area contributed by atoms with Crippen LogP contribution in [0.25, 0.3) is 0 Å². The molecule has 1 aliphatic heterocycles. The van der Waals surface area contributed by atoms with E-state index in [2.05, 4.69) is 20.6 Å². The van der Waals surface area contributed by atoms with Gasteiger partial charge in [-0.1, -0.05) is 0 Å². The zero-order valence-corrected chi connectivity index (χ0v) is 7.58. The predicted molar refractivity (Wildman–Crippen MR) is 50.3 cm³/mol. The van der Waals surface area contributed by atoms with Gasteiger partial charge in [-0.2, -0.15) is 0 Å². The molecule has 74 valence electrons. The van der Waals surface area contributed by atoms with Crippen LogP contribution in [0.3, 0.4) is 0 Å². The lowest BCUT2D eigenvalue weighted by Crippen LogP contribution is -2.23. The summed E-state index contributed by atoms with van der Waals surface area (Å²) in [6, 6.07) is 0. The molecule has 0 aromatic carbocycles. The lowest BCUT2D eigenvalue weighted by atomic mass is 10.3. The molecule has 0 radical (unpaired) electrons. The fraction of sp³-hybridized carbons (Fsp3) is 0.375. The monoisotopic (exact) mass is 193 g/mol. The van der Waals surface area contributed by atoms with Gasteiger partial charge in [-0.25, -0.2) is 9.97 Å². The van der Waals surface area contributed by atoms with Crippen LogP contribution >= 0.6 is 0 Å². The largest absolute Gasteiger partial charge is 0.322 e. The molecule has 0 unspecified atom stereocenters. The third-order valence-electron chi connectivity index (χ3n) is 2.00. The number of hydrogen-bond acceptors (Lipinski definition) is 5. The van der Waals surface area contributed by atoms with Crippen LogP contribution in [0.4, 0.5) is 5.95 Å². The molecule has 14 heavy (non-hydrogen) atoms. The van der Waals surface area contributed by atoms with Crippen molar-refractivity contribution in [3.8, 4) is 0 Å². The van der Waals surface area contributed by atoms with Crippen molar-refractivity contribution in [2.45, 2.75) is 13.1 Å². The number of hydrogen-bond donors (Lipinski definition) is 3. The van der Waals surface area contributed by atoms with Crippen molar-refractivity contribution in [2.75, 3.05) is 11.9 Å². The topological polar surface area (TPSA) is 92.9 Å². The van der Waals surface area contributed by atoms with Gasteiger partial charge in [-0.3, -0.25) is 10.1 Å². The lowest BCUT2D eigenvalue weighted by molar-refractivity contribution is -0.114. The molecule has 0 saturated carbocycles. The number of carbonyl (C=O) groups excluding carboxylic acids is 1. The molecule has 0 aliphatic carbocycles. The van der Waals surface area contributed by atoms with Gasteiger partial charge in [0.2, 0.25) is 11.9 Å². The first-order chi connectivity index (χ1) is 6.79. The summed E-state index contributed by atoms with van der Waals surface area (Å²) < 4.78 is 0. The Kier molecular flexibility index (Phi) is 2.38. The molecule has 2 rings (SSSR count). The molecule has 1 aliphatic rings. The van der Waals surface area contributed by atoms with E-state index in [1.54, 1.807) is 6.20 Å². The molecule has 0 atom stereocenters. The minimum absolute atomic E-state index is 0.0569. The van der Waals surface area contributed by atoms with Crippen molar-refractivity contribution in [1.82, 2.24) is 15.3 Å². The summed E-state index contributed by atoms with van der Waals surface area (Å²) in [5, 5.41) is 5.65. The van der Waals surface area contributed by atoms with Crippen molar-refractivity contribution >= 4 is 11.9 Å². The SMILES string of the molecule is NCC(=O)Nc1ncc2c(n1)CNC2. The molecule has 0 spiro atoms. The second kappa shape index (κ2) is 3.69. The number of rotatable bonds is 2. The van der Waals surface area contributed by atoms with Crippen LogP contribution in [0, 0.1) is 0 Å². The molecule has 6 heteroatoms. The van der Waals surface area contributed by atoms with E-state index in [-0.39, 0.29) is 12.5 Å². The van der Waals surface area contributed by atoms with Crippen molar-refractivity contribution in [3.63, 3.8) is 0 Å². The van der Waals surface area contributed by atoms with E-state index in [0.29, 0.717) is 5.95 Å². The zero-order valence-electron chi connectivity index (χ0n) is 7.58. The third kappa shape index (κ3) is 1.70. The van der Waals surface area contributed by atoms with Gasteiger partial charge in [0.25, 0.3) is 0 Å². The lowest BCUT2D eigenvalue weighted by Gasteiger charge is -2.02. The van der Waals surface area contributed by atoms with Crippen LogP contribution in [0.1, 0.15) is 11.3 Å². The number of nitrogens with zero attached hydrogens (tertiary/aromatic N) is 2. The van der Waals surface area contributed by atoms with E-state index in [1.807, 2.05) is 0 Å². The van der Waals surface area contributed by atoms with Crippen LogP contribution in [0.5, 0.6) is 0 Å². The van der Waals surface area contributed by atoms with Crippen molar-refractivity contribution < 1.29 is 4.79 Å². The molecule has 1 aromatic rings. The van der Waals surface area contributed by atoms with Gasteiger partial charge in [-0.05, 0) is 0 Å². The van der Waals surface area contributed by atoms with Crippen LogP contribution in [0.2, 0.25) is 0 Å². The summed E-state index contributed by atoms with van der Waals surface area (Å²) in [4.78, 5) is 19.1. The molecule has 6 nitrogen and oxygen atoms in total. The molecular formula is C8H11N5O. The zero-order chi connectivity index (χ0) is 9.97. The van der Waals surface area contributed by atoms with Gasteiger partial charge >= 0.3 is 0 Å². The predicted octanol–water partition coefficient (Wildman–Crippen LogP) is -1.02. The van der Waals surface area contributed by atoms with Gasteiger partial charge in [-0.15, -0.1) is 0 Å². The normalized spacial score (nSPS) is 13.8. The molecule has 0 bridgehead atoms. The Hall–Kier alpha value is -1.53. The summed E-state index contributed by atoms with van der Waals surface area (Å²) in [7, 11) is 0. The first kappa shape index (κ1) is 9.04. The van der Waals surface area contributed by atoms with E-state index < -0.39 is 0 Å². The summed E-state index contributed by atoms with van der Waals surface area (Å²) in [5.41, 5.74) is 7.17. The summed E-state index contributed by atoms with van der Waals surface area (Å²) in [6.07, 6.45) is 1.72. The average molecular weight is 193 g/mol. The van der Waals surface area contributed by atoms with Gasteiger partial charge in [0.15, 0.2) is 0 Å². The number of fused-ring (bicyclic) bond motifs is 1. The summed E-state index contributed by atoms with van der Waals surface area (Å²) in [5.74, 6) is 0.0406. The minimum Gasteiger partial charge on any atom is -0.322 e. The van der Waals surface area contributed by atoms with Gasteiger partial charge in [0.05, 0.1) is 12.2 Å². The van der Waals surface area contributed by atoms with Crippen LogP contribution in [0.15, 0.2) is 6.20 Å². The minimum atomic E-state index is -0.282. The quantitative estimate of drug-likeness (QED) is 0.559. The smallest absolute Gasteiger partial charge is 0.240 e. The van der Waals surface area contributed by atoms with Gasteiger partial charge < -0.3 is 11.1 Å². The average Bonchev–Trinajstić information content (AvgIpc) is 2.64. The molecule has 1 amide bonds. The Morgan fingerprint density at radius 1 is 1.64 bits per heavy atom. The molecular weight excluding hydrogens is 182 g/mol. The van der Waals surface area contributed by atoms with Crippen molar-refractivity contribution in [3.05, 3.63) is 17.5 Å². The Morgan fingerprint density at radius 3 is 3.29 bits per heavy atom. The van der Waals surface area contributed by atoms with Gasteiger partial charge in [0.1, 0.15) is 0 Å². The third-order valence-corrected chi connectivity index (χ3v) is 2.00. The van der Waals surface area contributed by atoms with E-state index >= 15 is 0 Å². The Morgan fingerprint density at radius 2 is 2.50 bits per heavy atom. The van der Waals surface area contributed by atoms with E-state index in [0.717, 1.165) is 24.3 Å². The number of amides is 1. The molecule has 0 fully saturated rings. The second-order valence-corrected chi connectivity index (χ2v) is 3.02. The Bertz CT molecular complexity index is 365. The number of nitrogens with two attached hydrogens (primary N) is 1. The van der Waals surface area contributed by atoms with E-state index in [9.17, 15) is 4.79 Å². The number of anilines is 1. The second-order valence-electron chi connectivity index (χ2n) is 3.02. The first-order valence-corrected chi connectivity index (χ1v) is 4.35. The van der Waals surface area contributed by atoms with Crippen LogP contribution < -0.4 is 16.4 Å². The summed E-state index contributed by atoms with van der Waals surface area (Å²) in [6.45, 7) is 1.46. The van der Waals surface area contributed by atoms with Crippen molar-refractivity contribution in [1.29, 1.82) is 0 Å². The van der Waals surface area contributed by atoms with Crippen LogP contribution in [-0.4, -0.2) is 22.4 Å². The summed E-state index contributed by atoms with van der Waals surface area (Å²) >= 11 is 0. The number of carbonyl (C=O) groups is 1. The van der Waals surface area contributed by atoms with Crippen LogP contribution in [-0.2, 0) is 17.9 Å². The molecule has 2 heterocycles. The standard InChI is InChI=1S/C8H11N5O/c9-1-7(14)13-8-11-3-5-2-10-4-6(5)12-8/h3,10H,1-2,4,9H2,(H,11,12,13,14). The maximum Gasteiger partial charge on any atom is 0.240 e. The highest BCUT2D eigenvalue weighted by atomic mass is 16.1. The fourth-order valence-corrected chi connectivity index (χ4v) is 1.29. The highest BCUT2D eigenvalue weighted by Gasteiger charge is 2.13. The maximum atomic E-state index is 10.9. The van der Waals surface area contributed by atoms with Crippen molar-refractivity contribution in [2.24, 2.45) is 5.73 Å². The molecule has 4 N–H and O–H groups in total. The Labute approximate surface area is 80.9 Å². The number of aromatic nitrogens is 2. The van der Waals surface area contributed by atoms with Gasteiger partial charge in [0, 0.05) is 24.8 Å². The maximum absolute atomic E-state index is 10.9. The highest BCUT2D eigenvalue weighted by Crippen LogP contribution is 2.12. The highest BCUT2D eigenvalue weighted by molar-refractivity contribution is 5.90.